The van der Waals surface area contributed by atoms with Gasteiger partial charge in [0.15, 0.2) is 5.54 Å². The quantitative estimate of drug-likeness (QED) is 0.837. The van der Waals surface area contributed by atoms with E-state index >= 15 is 0 Å². The average Bonchev–Trinajstić information content (AvgIpc) is 2.33. The number of rotatable bonds is 5. The summed E-state index contributed by atoms with van der Waals surface area (Å²) in [5, 5.41) is 9.16. The molecule has 6 heteroatoms. The van der Waals surface area contributed by atoms with Crippen molar-refractivity contribution in [3.63, 3.8) is 0 Å². The Morgan fingerprint density at radius 1 is 1.61 bits per heavy atom. The van der Waals surface area contributed by atoms with Crippen molar-refractivity contribution < 1.29 is 19.1 Å². The van der Waals surface area contributed by atoms with E-state index in [4.69, 9.17) is 11.6 Å². The van der Waals surface area contributed by atoms with Gasteiger partial charge in [-0.3, -0.25) is 4.79 Å². The lowest BCUT2D eigenvalue weighted by molar-refractivity contribution is -0.154. The summed E-state index contributed by atoms with van der Waals surface area (Å²) in [7, 11) is 0. The molecule has 0 heterocycles. The predicted molar refractivity (Wildman–Crippen MR) is 64.8 cm³/mol. The summed E-state index contributed by atoms with van der Waals surface area (Å²) in [6.07, 6.45) is 0.450. The van der Waals surface area contributed by atoms with Gasteiger partial charge in [-0.05, 0) is 31.5 Å². The average molecular weight is 274 g/mol. The molecule has 0 fully saturated rings. The molecule has 0 bridgehead atoms. The van der Waals surface area contributed by atoms with Crippen molar-refractivity contribution in [2.24, 2.45) is 0 Å². The molecular weight excluding hydrogens is 261 g/mol. The highest BCUT2D eigenvalue weighted by Gasteiger charge is 2.40. The van der Waals surface area contributed by atoms with Crippen LogP contribution in [-0.4, -0.2) is 28.9 Å². The van der Waals surface area contributed by atoms with Crippen LogP contribution in [-0.2, 0) is 15.1 Å². The SMILES string of the molecule is CCN(C=O)C(C)(C(=O)O)c1ccc(F)c(Cl)c1. The minimum absolute atomic E-state index is 0.179. The van der Waals surface area contributed by atoms with Gasteiger partial charge in [-0.1, -0.05) is 17.7 Å². The fraction of sp³-hybridized carbons (Fsp3) is 0.333. The number of benzene rings is 1. The van der Waals surface area contributed by atoms with Crippen LogP contribution in [0.4, 0.5) is 4.39 Å². The molecule has 0 aliphatic heterocycles. The lowest BCUT2D eigenvalue weighted by Crippen LogP contribution is -2.49. The Balaban J connectivity index is 3.39. The van der Waals surface area contributed by atoms with Crippen LogP contribution in [0.2, 0.25) is 5.02 Å². The van der Waals surface area contributed by atoms with Gasteiger partial charge in [-0.2, -0.15) is 0 Å². The molecule has 1 aromatic carbocycles. The number of hydrogen-bond acceptors (Lipinski definition) is 2. The summed E-state index contributed by atoms with van der Waals surface area (Å²) in [6.45, 7) is 3.23. The zero-order valence-electron chi connectivity index (χ0n) is 9.98. The number of carbonyl (C=O) groups excluding carboxylic acids is 1. The van der Waals surface area contributed by atoms with Crippen LogP contribution in [0.5, 0.6) is 0 Å². The first-order valence-electron chi connectivity index (χ1n) is 5.28. The van der Waals surface area contributed by atoms with Gasteiger partial charge in [0.2, 0.25) is 6.41 Å². The summed E-state index contributed by atoms with van der Waals surface area (Å²) in [5.41, 5.74) is -1.33. The lowest BCUT2D eigenvalue weighted by atomic mass is 9.90. The Labute approximate surface area is 109 Å². The highest BCUT2D eigenvalue weighted by molar-refractivity contribution is 6.30. The molecule has 0 spiro atoms. The van der Waals surface area contributed by atoms with Crippen molar-refractivity contribution >= 4 is 24.0 Å². The van der Waals surface area contributed by atoms with Gasteiger partial charge in [0, 0.05) is 6.54 Å². The molecule has 1 atom stereocenters. The maximum Gasteiger partial charge on any atom is 0.334 e. The zero-order chi connectivity index (χ0) is 13.9. The van der Waals surface area contributed by atoms with E-state index in [9.17, 15) is 19.1 Å². The van der Waals surface area contributed by atoms with Crippen molar-refractivity contribution in [2.45, 2.75) is 19.4 Å². The van der Waals surface area contributed by atoms with Crippen LogP contribution < -0.4 is 0 Å². The second-order valence-electron chi connectivity index (χ2n) is 3.90. The van der Waals surface area contributed by atoms with Crippen LogP contribution in [0.15, 0.2) is 18.2 Å². The van der Waals surface area contributed by atoms with Crippen LogP contribution in [0, 0.1) is 5.82 Å². The standard InChI is InChI=1S/C12H13ClFNO3/c1-3-15(7-16)12(2,11(17)18)8-4-5-10(14)9(13)6-8/h4-7H,3H2,1-2H3,(H,17,18). The summed E-state index contributed by atoms with van der Waals surface area (Å²) < 4.78 is 13.1. The second kappa shape index (κ2) is 5.35. The minimum Gasteiger partial charge on any atom is -0.479 e. The molecule has 1 unspecified atom stereocenters. The first-order valence-corrected chi connectivity index (χ1v) is 5.66. The fourth-order valence-electron chi connectivity index (χ4n) is 1.71. The molecule has 18 heavy (non-hydrogen) atoms. The van der Waals surface area contributed by atoms with Crippen molar-refractivity contribution in [1.82, 2.24) is 4.90 Å². The number of likely N-dealkylation sites (N-methyl/N-ethyl adjacent to an activating group) is 1. The number of hydrogen-bond donors (Lipinski definition) is 1. The van der Waals surface area contributed by atoms with Crippen molar-refractivity contribution in [3.8, 4) is 0 Å². The first kappa shape index (κ1) is 14.4. The molecule has 0 aliphatic rings. The topological polar surface area (TPSA) is 57.6 Å². The first-order chi connectivity index (χ1) is 8.37. The highest BCUT2D eigenvalue weighted by Crippen LogP contribution is 2.30. The number of carbonyl (C=O) groups is 2. The van der Waals surface area contributed by atoms with Gasteiger partial charge in [-0.15, -0.1) is 0 Å². The van der Waals surface area contributed by atoms with Gasteiger partial charge in [0.25, 0.3) is 0 Å². The Morgan fingerprint density at radius 3 is 2.61 bits per heavy atom. The summed E-state index contributed by atoms with van der Waals surface area (Å²) in [4.78, 5) is 23.5. The third-order valence-corrected chi connectivity index (χ3v) is 3.23. The molecule has 98 valence electrons. The lowest BCUT2D eigenvalue weighted by Gasteiger charge is -2.34. The number of halogens is 2. The number of carboxylic acids is 1. The Kier molecular flexibility index (Phi) is 4.29. The Bertz CT molecular complexity index is 480. The van der Waals surface area contributed by atoms with Gasteiger partial charge in [-0.25, -0.2) is 9.18 Å². The fourth-order valence-corrected chi connectivity index (χ4v) is 1.89. The zero-order valence-corrected chi connectivity index (χ0v) is 10.7. The Hall–Kier alpha value is -1.62. The molecule has 1 amide bonds. The summed E-state index contributed by atoms with van der Waals surface area (Å²) in [6, 6.07) is 3.61. The third-order valence-electron chi connectivity index (χ3n) is 2.94. The van der Waals surface area contributed by atoms with Crippen molar-refractivity contribution in [2.75, 3.05) is 6.54 Å². The molecule has 4 nitrogen and oxygen atoms in total. The van der Waals surface area contributed by atoms with Gasteiger partial charge >= 0.3 is 5.97 Å². The molecule has 0 aromatic heterocycles. The van der Waals surface area contributed by atoms with Crippen LogP contribution in [0.1, 0.15) is 19.4 Å². The molecule has 0 radical (unpaired) electrons. The van der Waals surface area contributed by atoms with E-state index in [0.29, 0.717) is 6.41 Å². The highest BCUT2D eigenvalue weighted by atomic mass is 35.5. The number of aliphatic carboxylic acids is 1. The minimum atomic E-state index is -1.58. The number of nitrogens with zero attached hydrogens (tertiary/aromatic N) is 1. The van der Waals surface area contributed by atoms with E-state index in [1.54, 1.807) is 6.92 Å². The smallest absolute Gasteiger partial charge is 0.334 e. The van der Waals surface area contributed by atoms with E-state index in [0.717, 1.165) is 11.0 Å². The molecule has 0 aliphatic carbocycles. The summed E-state index contributed by atoms with van der Waals surface area (Å²) in [5.74, 6) is -1.85. The molecule has 1 rings (SSSR count). The number of carboxylic acid groups (broad SMARTS) is 1. The van der Waals surface area contributed by atoms with Crippen LogP contribution in [0.25, 0.3) is 0 Å². The monoisotopic (exact) mass is 273 g/mol. The van der Waals surface area contributed by atoms with Gasteiger partial charge in [0.05, 0.1) is 5.02 Å². The van der Waals surface area contributed by atoms with E-state index < -0.39 is 17.3 Å². The van der Waals surface area contributed by atoms with Gasteiger partial charge < -0.3 is 10.0 Å². The molecule has 0 saturated heterocycles. The molecular formula is C12H13ClFNO3. The third kappa shape index (κ3) is 2.31. The Morgan fingerprint density at radius 2 is 2.22 bits per heavy atom. The maximum absolute atomic E-state index is 13.1. The van der Waals surface area contributed by atoms with E-state index in [1.807, 2.05) is 0 Å². The van der Waals surface area contributed by atoms with Crippen molar-refractivity contribution in [3.05, 3.63) is 34.6 Å². The maximum atomic E-state index is 13.1. The predicted octanol–water partition coefficient (Wildman–Crippen LogP) is 2.26. The summed E-state index contributed by atoms with van der Waals surface area (Å²) >= 11 is 5.64. The van der Waals surface area contributed by atoms with Crippen LogP contribution in [0.3, 0.4) is 0 Å². The van der Waals surface area contributed by atoms with E-state index in [-0.39, 0.29) is 17.1 Å². The molecule has 0 saturated carbocycles. The largest absolute Gasteiger partial charge is 0.479 e. The second-order valence-corrected chi connectivity index (χ2v) is 4.30. The van der Waals surface area contributed by atoms with Gasteiger partial charge in [0.1, 0.15) is 5.82 Å². The van der Waals surface area contributed by atoms with Crippen LogP contribution >= 0.6 is 11.6 Å². The molecule has 1 aromatic rings. The van der Waals surface area contributed by atoms with E-state index in [1.165, 1.54) is 19.1 Å². The normalized spacial score (nSPS) is 13.8. The van der Waals surface area contributed by atoms with Crippen molar-refractivity contribution in [1.29, 1.82) is 0 Å². The number of amides is 1. The molecule has 1 N–H and O–H groups in total. The van der Waals surface area contributed by atoms with E-state index in [2.05, 4.69) is 0 Å².